The first-order valence-corrected chi connectivity index (χ1v) is 7.77. The zero-order valence-electron chi connectivity index (χ0n) is 13.9. The summed E-state index contributed by atoms with van der Waals surface area (Å²) < 4.78 is 5.05. The van der Waals surface area contributed by atoms with E-state index in [0.29, 0.717) is 22.9 Å². The number of nitrogens with one attached hydrogen (secondary N) is 1. The van der Waals surface area contributed by atoms with E-state index in [4.69, 9.17) is 4.52 Å². The third kappa shape index (κ3) is 3.38. The van der Waals surface area contributed by atoms with Crippen LogP contribution in [-0.4, -0.2) is 11.1 Å². The van der Waals surface area contributed by atoms with Crippen molar-refractivity contribution in [2.45, 2.75) is 53.0 Å². The van der Waals surface area contributed by atoms with Gasteiger partial charge in [0.15, 0.2) is 0 Å². The van der Waals surface area contributed by atoms with E-state index in [-0.39, 0.29) is 11.9 Å². The Morgan fingerprint density at radius 1 is 1.18 bits per heavy atom. The van der Waals surface area contributed by atoms with Crippen LogP contribution >= 0.6 is 0 Å². The Kier molecular flexibility index (Phi) is 5.01. The van der Waals surface area contributed by atoms with Crippen LogP contribution in [0.15, 0.2) is 28.8 Å². The molecule has 4 nitrogen and oxygen atoms in total. The molecule has 1 amide bonds. The van der Waals surface area contributed by atoms with Crippen molar-refractivity contribution in [3.8, 4) is 0 Å². The Morgan fingerprint density at radius 3 is 2.27 bits per heavy atom. The van der Waals surface area contributed by atoms with E-state index in [2.05, 4.69) is 48.6 Å². The first-order chi connectivity index (χ1) is 10.4. The molecule has 1 aromatic heterocycles. The fraction of sp³-hybridized carbons (Fsp3) is 0.444. The van der Waals surface area contributed by atoms with Crippen LogP contribution in [0, 0.1) is 13.8 Å². The predicted octanol–water partition coefficient (Wildman–Crippen LogP) is 4.30. The number of aryl methyl sites for hydroxylation is 2. The fourth-order valence-corrected chi connectivity index (χ4v) is 2.51. The van der Waals surface area contributed by atoms with Crippen molar-refractivity contribution in [1.29, 1.82) is 0 Å². The molecule has 118 valence electrons. The largest absolute Gasteiger partial charge is 0.361 e. The maximum absolute atomic E-state index is 12.3. The Bertz CT molecular complexity index is 624. The summed E-state index contributed by atoms with van der Waals surface area (Å²) in [5.41, 5.74) is 3.57. The lowest BCUT2D eigenvalue weighted by atomic mass is 9.96. The third-order valence-corrected chi connectivity index (χ3v) is 4.23. The maximum atomic E-state index is 12.3. The number of amides is 1. The van der Waals surface area contributed by atoms with Gasteiger partial charge in [-0.3, -0.25) is 4.79 Å². The number of hydrogen-bond donors (Lipinski definition) is 1. The average Bonchev–Trinajstić information content (AvgIpc) is 2.85. The van der Waals surface area contributed by atoms with Crippen LogP contribution in [0.4, 0.5) is 0 Å². The molecule has 0 saturated heterocycles. The first kappa shape index (κ1) is 16.3. The van der Waals surface area contributed by atoms with E-state index in [1.165, 1.54) is 5.56 Å². The highest BCUT2D eigenvalue weighted by atomic mass is 16.5. The molecule has 0 aliphatic carbocycles. The molecule has 2 aromatic rings. The van der Waals surface area contributed by atoms with Gasteiger partial charge in [-0.2, -0.15) is 0 Å². The molecule has 2 rings (SSSR count). The molecule has 0 fully saturated rings. The minimum Gasteiger partial charge on any atom is -0.361 e. The summed E-state index contributed by atoms with van der Waals surface area (Å²) in [4.78, 5) is 12.3. The summed E-state index contributed by atoms with van der Waals surface area (Å²) in [7, 11) is 0. The minimum absolute atomic E-state index is 0.0628. The maximum Gasteiger partial charge on any atom is 0.257 e. The molecule has 0 radical (unpaired) electrons. The van der Waals surface area contributed by atoms with Crippen LogP contribution in [0.25, 0.3) is 0 Å². The number of carbonyl (C=O) groups is 1. The van der Waals surface area contributed by atoms with Gasteiger partial charge in [0.1, 0.15) is 11.3 Å². The van der Waals surface area contributed by atoms with Gasteiger partial charge in [0.25, 0.3) is 5.91 Å². The van der Waals surface area contributed by atoms with Gasteiger partial charge in [-0.25, -0.2) is 0 Å². The number of carbonyl (C=O) groups excluding carboxylic acids is 1. The van der Waals surface area contributed by atoms with E-state index >= 15 is 0 Å². The van der Waals surface area contributed by atoms with Crippen molar-refractivity contribution < 1.29 is 9.32 Å². The molecule has 0 bridgehead atoms. The molecule has 0 saturated carbocycles. The third-order valence-electron chi connectivity index (χ3n) is 4.23. The van der Waals surface area contributed by atoms with Gasteiger partial charge in [-0.15, -0.1) is 0 Å². The SMILES string of the molecule is CC[C@H](C)c1ccc([C@@H](C)NC(=O)c2c(C)noc2C)cc1. The standard InChI is InChI=1S/C18H24N2O2/c1-6-11(2)15-7-9-16(10-8-15)12(3)19-18(21)17-13(4)20-22-14(17)5/h7-12H,6H2,1-5H3,(H,19,21)/t11-,12+/m0/s1. The molecule has 0 aliphatic heterocycles. The van der Waals surface area contributed by atoms with Crippen molar-refractivity contribution >= 4 is 5.91 Å². The highest BCUT2D eigenvalue weighted by molar-refractivity contribution is 5.96. The lowest BCUT2D eigenvalue weighted by Crippen LogP contribution is -2.27. The molecule has 22 heavy (non-hydrogen) atoms. The van der Waals surface area contributed by atoms with E-state index in [1.807, 2.05) is 6.92 Å². The molecule has 1 N–H and O–H groups in total. The lowest BCUT2D eigenvalue weighted by molar-refractivity contribution is 0.0938. The zero-order chi connectivity index (χ0) is 16.3. The van der Waals surface area contributed by atoms with Gasteiger partial charge in [0, 0.05) is 0 Å². The quantitative estimate of drug-likeness (QED) is 0.896. The van der Waals surface area contributed by atoms with Gasteiger partial charge in [0.2, 0.25) is 0 Å². The van der Waals surface area contributed by atoms with Gasteiger partial charge < -0.3 is 9.84 Å². The van der Waals surface area contributed by atoms with Crippen LogP contribution in [0.2, 0.25) is 0 Å². The van der Waals surface area contributed by atoms with Gasteiger partial charge >= 0.3 is 0 Å². The average molecular weight is 300 g/mol. The summed E-state index contributed by atoms with van der Waals surface area (Å²) in [5.74, 6) is 0.963. The number of aromatic nitrogens is 1. The van der Waals surface area contributed by atoms with Crippen LogP contribution in [0.3, 0.4) is 0 Å². The van der Waals surface area contributed by atoms with E-state index in [9.17, 15) is 4.79 Å². The van der Waals surface area contributed by atoms with Gasteiger partial charge in [-0.1, -0.05) is 43.3 Å². The van der Waals surface area contributed by atoms with Crippen molar-refractivity contribution in [3.63, 3.8) is 0 Å². The highest BCUT2D eigenvalue weighted by Gasteiger charge is 2.19. The second kappa shape index (κ2) is 6.77. The van der Waals surface area contributed by atoms with Crippen molar-refractivity contribution in [3.05, 3.63) is 52.4 Å². The van der Waals surface area contributed by atoms with Crippen molar-refractivity contribution in [2.24, 2.45) is 0 Å². The highest BCUT2D eigenvalue weighted by Crippen LogP contribution is 2.22. The van der Waals surface area contributed by atoms with E-state index < -0.39 is 0 Å². The molecular weight excluding hydrogens is 276 g/mol. The minimum atomic E-state index is -0.144. The van der Waals surface area contributed by atoms with Gasteiger partial charge in [0.05, 0.1) is 11.7 Å². The van der Waals surface area contributed by atoms with E-state index in [0.717, 1.165) is 12.0 Å². The lowest BCUT2D eigenvalue weighted by Gasteiger charge is -2.16. The van der Waals surface area contributed by atoms with Crippen LogP contribution < -0.4 is 5.32 Å². The first-order valence-electron chi connectivity index (χ1n) is 7.77. The predicted molar refractivity (Wildman–Crippen MR) is 87.0 cm³/mol. The zero-order valence-corrected chi connectivity index (χ0v) is 13.9. The van der Waals surface area contributed by atoms with Crippen molar-refractivity contribution in [1.82, 2.24) is 10.5 Å². The normalized spacial score (nSPS) is 13.7. The molecule has 1 heterocycles. The smallest absolute Gasteiger partial charge is 0.257 e. The Hall–Kier alpha value is -2.10. The Morgan fingerprint density at radius 2 is 1.77 bits per heavy atom. The summed E-state index contributed by atoms with van der Waals surface area (Å²) in [6, 6.07) is 8.39. The number of benzene rings is 1. The molecule has 0 aliphatic rings. The summed E-state index contributed by atoms with van der Waals surface area (Å²) in [6.45, 7) is 9.91. The van der Waals surface area contributed by atoms with Crippen LogP contribution in [-0.2, 0) is 0 Å². The molecular formula is C18H24N2O2. The topological polar surface area (TPSA) is 55.1 Å². The van der Waals surface area contributed by atoms with Crippen LogP contribution in [0.1, 0.15) is 72.1 Å². The fourth-order valence-electron chi connectivity index (χ4n) is 2.51. The second-order valence-corrected chi connectivity index (χ2v) is 5.87. The van der Waals surface area contributed by atoms with Crippen LogP contribution in [0.5, 0.6) is 0 Å². The monoisotopic (exact) mass is 300 g/mol. The Balaban J connectivity index is 2.09. The summed E-state index contributed by atoms with van der Waals surface area (Å²) in [5, 5.41) is 6.83. The molecule has 2 atom stereocenters. The molecule has 0 spiro atoms. The second-order valence-electron chi connectivity index (χ2n) is 5.87. The Labute approximate surface area is 131 Å². The summed E-state index contributed by atoms with van der Waals surface area (Å²) >= 11 is 0. The molecule has 4 heteroatoms. The van der Waals surface area contributed by atoms with Crippen molar-refractivity contribution in [2.75, 3.05) is 0 Å². The number of nitrogens with zero attached hydrogens (tertiary/aromatic N) is 1. The van der Waals surface area contributed by atoms with E-state index in [1.54, 1.807) is 13.8 Å². The van der Waals surface area contributed by atoms with Gasteiger partial charge in [-0.05, 0) is 44.2 Å². The number of rotatable bonds is 5. The molecule has 0 unspecified atom stereocenters. The number of hydrogen-bond acceptors (Lipinski definition) is 3. The summed E-state index contributed by atoms with van der Waals surface area (Å²) in [6.07, 6.45) is 1.12. The molecule has 1 aromatic carbocycles.